The van der Waals surface area contributed by atoms with Crippen LogP contribution in [-0.2, 0) is 18.0 Å². The van der Waals surface area contributed by atoms with Crippen molar-refractivity contribution in [1.29, 1.82) is 0 Å². The smallest absolute Gasteiger partial charge is 0.274 e. The van der Waals surface area contributed by atoms with Gasteiger partial charge in [0.2, 0.25) is 5.43 Å². The van der Waals surface area contributed by atoms with Crippen LogP contribution in [0.25, 0.3) is 0 Å². The molecule has 0 radical (unpaired) electrons. The van der Waals surface area contributed by atoms with Crippen LogP contribution in [0.3, 0.4) is 0 Å². The van der Waals surface area contributed by atoms with Crippen molar-refractivity contribution in [2.24, 2.45) is 5.16 Å². The molecular weight excluding hydrogens is 584 g/mol. The molecule has 44 heavy (non-hydrogen) atoms. The third-order valence-electron chi connectivity index (χ3n) is 8.43. The number of aromatic nitrogens is 1. The fraction of sp³-hybridized carbons (Fsp3) is 0.355. The van der Waals surface area contributed by atoms with Gasteiger partial charge in [0.05, 0.1) is 17.8 Å². The highest BCUT2D eigenvalue weighted by atomic mass is 19.1. The fourth-order valence-corrected chi connectivity index (χ4v) is 6.19. The second kappa shape index (κ2) is 11.4. The van der Waals surface area contributed by atoms with Gasteiger partial charge >= 0.3 is 0 Å². The molecule has 1 N–H and O–H groups in total. The molecule has 2 amide bonds. The number of pyridine rings is 1. The summed E-state index contributed by atoms with van der Waals surface area (Å²) in [6.07, 6.45) is 2.19. The number of amides is 2. The quantitative estimate of drug-likeness (QED) is 0.398. The maximum Gasteiger partial charge on any atom is 0.274 e. The van der Waals surface area contributed by atoms with E-state index in [1.54, 1.807) is 37.3 Å². The number of carbonyl (C=O) groups is 2. The van der Waals surface area contributed by atoms with E-state index < -0.39 is 82.5 Å². The maximum absolute atomic E-state index is 14.3. The van der Waals surface area contributed by atoms with Gasteiger partial charge < -0.3 is 24.4 Å². The molecule has 9 nitrogen and oxygen atoms in total. The molecule has 13 heteroatoms. The topological polar surface area (TPSA) is 102 Å². The molecule has 1 aromatic heterocycles. The highest BCUT2D eigenvalue weighted by Gasteiger charge is 2.54. The van der Waals surface area contributed by atoms with Gasteiger partial charge in [-0.15, -0.1) is 0 Å². The van der Waals surface area contributed by atoms with Crippen molar-refractivity contribution in [3.8, 4) is 5.75 Å². The first-order chi connectivity index (χ1) is 21.1. The Bertz CT molecular complexity index is 1710. The number of hydrogen-bond acceptors (Lipinski definition) is 6. The third-order valence-corrected chi connectivity index (χ3v) is 8.43. The van der Waals surface area contributed by atoms with Gasteiger partial charge in [0, 0.05) is 43.4 Å². The first-order valence-corrected chi connectivity index (χ1v) is 14.1. The molecule has 0 aliphatic carbocycles. The molecular formula is C31H28F4N4O5. The minimum Gasteiger partial charge on any atom is -0.483 e. The average Bonchev–Trinajstić information content (AvgIpc) is 3.31. The van der Waals surface area contributed by atoms with E-state index in [0.717, 1.165) is 0 Å². The Morgan fingerprint density at radius 3 is 2.55 bits per heavy atom. The van der Waals surface area contributed by atoms with E-state index in [4.69, 9.17) is 9.57 Å². The zero-order chi connectivity index (χ0) is 31.2. The van der Waals surface area contributed by atoms with E-state index in [1.165, 1.54) is 15.7 Å². The normalized spacial score (nSPS) is 22.2. The predicted molar refractivity (Wildman–Crippen MR) is 150 cm³/mol. The second-order valence-electron chi connectivity index (χ2n) is 11.2. The Labute approximate surface area is 249 Å². The van der Waals surface area contributed by atoms with E-state index >= 15 is 0 Å². The zero-order valence-corrected chi connectivity index (χ0v) is 23.6. The molecule has 3 aromatic rings. The number of rotatable bonds is 7. The number of alkyl halides is 1. The van der Waals surface area contributed by atoms with Crippen LogP contribution in [0.1, 0.15) is 64.2 Å². The summed E-state index contributed by atoms with van der Waals surface area (Å²) >= 11 is 0. The number of fused-ring (bicyclic) bond motifs is 5. The molecule has 1 saturated heterocycles. The minimum absolute atomic E-state index is 0.0251. The summed E-state index contributed by atoms with van der Waals surface area (Å²) in [6.45, 7) is 0.180. The Balaban J connectivity index is 1.46. The summed E-state index contributed by atoms with van der Waals surface area (Å²) < 4.78 is 63.6. The Hall–Kier alpha value is -4.68. The molecule has 1 spiro atoms. The lowest BCUT2D eigenvalue weighted by molar-refractivity contribution is -0.0656. The lowest BCUT2D eigenvalue weighted by atomic mass is 9.84. The molecule has 6 rings (SSSR count). The average molecular weight is 613 g/mol. The number of halogens is 4. The Morgan fingerprint density at radius 2 is 1.89 bits per heavy atom. The number of oxime groups is 1. The molecule has 3 aliphatic heterocycles. The highest BCUT2D eigenvalue weighted by Crippen LogP contribution is 2.46. The lowest BCUT2D eigenvalue weighted by Crippen LogP contribution is -2.53. The van der Waals surface area contributed by atoms with Crippen LogP contribution in [0, 0.1) is 17.5 Å². The molecule has 3 atom stereocenters. The van der Waals surface area contributed by atoms with E-state index in [1.807, 2.05) is 0 Å². The molecule has 0 unspecified atom stereocenters. The number of benzene rings is 2. The molecule has 4 heterocycles. The number of hydrogen-bond donors (Lipinski definition) is 1. The van der Waals surface area contributed by atoms with E-state index in [0.29, 0.717) is 36.2 Å². The van der Waals surface area contributed by atoms with Crippen molar-refractivity contribution < 1.29 is 36.7 Å². The Kier molecular flexibility index (Phi) is 7.64. The summed E-state index contributed by atoms with van der Waals surface area (Å²) in [6, 6.07) is 8.31. The van der Waals surface area contributed by atoms with Crippen LogP contribution in [-0.4, -0.2) is 51.9 Å². The zero-order valence-electron chi connectivity index (χ0n) is 23.6. The van der Waals surface area contributed by atoms with E-state index in [2.05, 4.69) is 10.5 Å². The predicted octanol–water partition coefficient (Wildman–Crippen LogP) is 4.44. The SMILES string of the molecule is CC1=NO[C@@]2(CC[C@H](CF)N3C[C@H]2n2cc(C(=O)NCc4c(F)cc(F)cc4F)c(=O)c(OCc4ccccc4)c2C3=O)C1. The highest BCUT2D eigenvalue weighted by molar-refractivity contribution is 5.99. The monoisotopic (exact) mass is 612 g/mol. The van der Waals surface area contributed by atoms with Gasteiger partial charge in [-0.2, -0.15) is 0 Å². The van der Waals surface area contributed by atoms with E-state index in [9.17, 15) is 31.9 Å². The number of carbonyl (C=O) groups excluding carboxylic acids is 2. The summed E-state index contributed by atoms with van der Waals surface area (Å²) in [4.78, 5) is 48.6. The van der Waals surface area contributed by atoms with Gasteiger partial charge in [-0.1, -0.05) is 35.5 Å². The molecule has 0 saturated carbocycles. The van der Waals surface area contributed by atoms with Crippen molar-refractivity contribution in [3.05, 3.63) is 98.7 Å². The number of nitrogens with one attached hydrogen (secondary N) is 1. The molecule has 1 fully saturated rings. The minimum atomic E-state index is -1.21. The van der Waals surface area contributed by atoms with Crippen molar-refractivity contribution in [1.82, 2.24) is 14.8 Å². The Morgan fingerprint density at radius 1 is 1.16 bits per heavy atom. The number of nitrogens with zero attached hydrogens (tertiary/aromatic N) is 3. The van der Waals surface area contributed by atoms with Crippen molar-refractivity contribution >= 4 is 17.5 Å². The van der Waals surface area contributed by atoms with Gasteiger partial charge in [0.25, 0.3) is 11.8 Å². The maximum atomic E-state index is 14.3. The van der Waals surface area contributed by atoms with E-state index in [-0.39, 0.29) is 25.3 Å². The molecule has 2 aromatic carbocycles. The van der Waals surface area contributed by atoms with Crippen LogP contribution < -0.4 is 15.5 Å². The van der Waals surface area contributed by atoms with Crippen LogP contribution in [0.5, 0.6) is 5.75 Å². The molecule has 3 aliphatic rings. The van der Waals surface area contributed by atoms with Gasteiger partial charge in [-0.25, -0.2) is 17.6 Å². The standard InChI is InChI=1S/C31H28F4N4O5/c1-17-11-31(44-37-17)8-7-20(12-32)38-15-25(31)39-14-22(29(41)36-13-21-23(34)9-19(33)10-24(21)35)27(40)28(26(39)30(38)42)43-16-18-5-3-2-4-6-18/h2-6,9-10,14,20,25H,7-8,11-13,15-16H2,1H3,(H,36,41)/t20-,25-,31+/m1/s1. The largest absolute Gasteiger partial charge is 0.483 e. The third kappa shape index (κ3) is 5.09. The van der Waals surface area contributed by atoms with Crippen LogP contribution in [0.15, 0.2) is 58.6 Å². The van der Waals surface area contributed by atoms with Gasteiger partial charge in [-0.05, 0) is 25.3 Å². The van der Waals surface area contributed by atoms with Crippen molar-refractivity contribution in [3.63, 3.8) is 0 Å². The first-order valence-electron chi connectivity index (χ1n) is 14.1. The first kappa shape index (κ1) is 29.4. The van der Waals surface area contributed by atoms with Gasteiger partial charge in [-0.3, -0.25) is 14.4 Å². The number of ether oxygens (including phenoxy) is 1. The van der Waals surface area contributed by atoms with Crippen molar-refractivity contribution in [2.45, 2.75) is 57.0 Å². The summed E-state index contributed by atoms with van der Waals surface area (Å²) in [5.74, 6) is -5.61. The summed E-state index contributed by atoms with van der Waals surface area (Å²) in [7, 11) is 0. The fourth-order valence-electron chi connectivity index (χ4n) is 6.19. The molecule has 230 valence electrons. The molecule has 2 bridgehead atoms. The van der Waals surface area contributed by atoms with Crippen LogP contribution >= 0.6 is 0 Å². The van der Waals surface area contributed by atoms with Crippen molar-refractivity contribution in [2.75, 3.05) is 13.2 Å². The van der Waals surface area contributed by atoms with Gasteiger partial charge in [0.1, 0.15) is 36.3 Å². The van der Waals surface area contributed by atoms with Crippen LogP contribution in [0.4, 0.5) is 17.6 Å². The second-order valence-corrected chi connectivity index (χ2v) is 11.2. The summed E-state index contributed by atoms with van der Waals surface area (Å²) in [5.41, 5.74) is -1.80. The van der Waals surface area contributed by atoms with Crippen LogP contribution in [0.2, 0.25) is 0 Å². The van der Waals surface area contributed by atoms with Gasteiger partial charge in [0.15, 0.2) is 17.0 Å². The summed E-state index contributed by atoms with van der Waals surface area (Å²) in [5, 5.41) is 6.46. The lowest BCUT2D eigenvalue weighted by Gasteiger charge is -2.42.